The summed E-state index contributed by atoms with van der Waals surface area (Å²) in [5.74, 6) is -0.900. The molecule has 1 fully saturated rings. The molecule has 0 radical (unpaired) electrons. The van der Waals surface area contributed by atoms with Crippen LogP contribution in [-0.2, 0) is 9.59 Å². The van der Waals surface area contributed by atoms with Crippen molar-refractivity contribution in [2.24, 2.45) is 0 Å². The van der Waals surface area contributed by atoms with Crippen molar-refractivity contribution in [2.75, 3.05) is 6.54 Å². The minimum atomic E-state index is -0.852. The monoisotopic (exact) mass is 228 g/mol. The molecule has 2 atom stereocenters. The van der Waals surface area contributed by atoms with Crippen LogP contribution in [0.25, 0.3) is 0 Å². The van der Waals surface area contributed by atoms with Crippen LogP contribution in [0.4, 0.5) is 0 Å². The normalized spacial score (nSPS) is 26.9. The zero-order valence-electron chi connectivity index (χ0n) is 10.1. The minimum Gasteiger partial charge on any atom is -0.481 e. The molecule has 5 nitrogen and oxygen atoms in total. The minimum absolute atomic E-state index is 0.0357. The van der Waals surface area contributed by atoms with E-state index in [4.69, 9.17) is 5.11 Å². The summed E-state index contributed by atoms with van der Waals surface area (Å²) in [7, 11) is 0. The molecule has 2 unspecified atom stereocenters. The second kappa shape index (κ2) is 5.30. The van der Waals surface area contributed by atoms with Crippen LogP contribution in [-0.4, -0.2) is 46.6 Å². The number of nitrogens with zero attached hydrogens (tertiary/aromatic N) is 1. The first-order valence-electron chi connectivity index (χ1n) is 5.70. The van der Waals surface area contributed by atoms with Crippen LogP contribution in [0.2, 0.25) is 0 Å². The van der Waals surface area contributed by atoms with Gasteiger partial charge in [-0.15, -0.1) is 0 Å². The highest BCUT2D eigenvalue weighted by Gasteiger charge is 2.35. The van der Waals surface area contributed by atoms with Crippen molar-refractivity contribution in [3.63, 3.8) is 0 Å². The third kappa shape index (κ3) is 2.95. The van der Waals surface area contributed by atoms with E-state index in [2.05, 4.69) is 10.2 Å². The first-order valence-corrected chi connectivity index (χ1v) is 5.70. The molecule has 1 saturated heterocycles. The van der Waals surface area contributed by atoms with Crippen LogP contribution in [0.3, 0.4) is 0 Å². The Kier molecular flexibility index (Phi) is 4.29. The number of rotatable bonds is 4. The molecule has 92 valence electrons. The van der Waals surface area contributed by atoms with Gasteiger partial charge < -0.3 is 10.4 Å². The number of carbonyl (C=O) groups excluding carboxylic acids is 1. The molecule has 0 saturated carbocycles. The third-order valence-corrected chi connectivity index (χ3v) is 2.97. The predicted octanol–water partition coefficient (Wildman–Crippen LogP) is 0.449. The number of nitrogens with one attached hydrogen (secondary N) is 1. The van der Waals surface area contributed by atoms with Crippen LogP contribution < -0.4 is 5.32 Å². The Morgan fingerprint density at radius 1 is 1.62 bits per heavy atom. The molecule has 1 amide bonds. The molecule has 0 aromatic carbocycles. The predicted molar refractivity (Wildman–Crippen MR) is 60.1 cm³/mol. The first kappa shape index (κ1) is 13.0. The molecule has 0 spiro atoms. The summed E-state index contributed by atoms with van der Waals surface area (Å²) in [5, 5.41) is 11.5. The Morgan fingerprint density at radius 3 is 2.75 bits per heavy atom. The van der Waals surface area contributed by atoms with E-state index in [-0.39, 0.29) is 30.5 Å². The Labute approximate surface area is 95.8 Å². The highest BCUT2D eigenvalue weighted by Crippen LogP contribution is 2.18. The number of hydrogen-bond acceptors (Lipinski definition) is 3. The number of aliphatic carboxylic acids is 1. The van der Waals surface area contributed by atoms with Gasteiger partial charge in [-0.1, -0.05) is 0 Å². The maximum absolute atomic E-state index is 11.7. The lowest BCUT2D eigenvalue weighted by molar-refractivity contribution is -0.138. The zero-order chi connectivity index (χ0) is 12.3. The van der Waals surface area contributed by atoms with Crippen LogP contribution in [0.15, 0.2) is 0 Å². The van der Waals surface area contributed by atoms with Crippen molar-refractivity contribution in [3.05, 3.63) is 0 Å². The van der Waals surface area contributed by atoms with Crippen molar-refractivity contribution in [1.29, 1.82) is 0 Å². The van der Waals surface area contributed by atoms with Crippen molar-refractivity contribution in [3.8, 4) is 0 Å². The molecule has 1 rings (SSSR count). The number of carbonyl (C=O) groups is 2. The maximum atomic E-state index is 11.7. The van der Waals surface area contributed by atoms with E-state index in [9.17, 15) is 9.59 Å². The van der Waals surface area contributed by atoms with Gasteiger partial charge in [0.1, 0.15) is 0 Å². The second-order valence-electron chi connectivity index (χ2n) is 4.58. The molecule has 1 aliphatic heterocycles. The average molecular weight is 228 g/mol. The van der Waals surface area contributed by atoms with Gasteiger partial charge in [0.25, 0.3) is 0 Å². The van der Waals surface area contributed by atoms with E-state index in [1.54, 1.807) is 0 Å². The lowest BCUT2D eigenvalue weighted by atomic mass is 10.0. The fourth-order valence-corrected chi connectivity index (χ4v) is 2.32. The van der Waals surface area contributed by atoms with Gasteiger partial charge in [0.15, 0.2) is 0 Å². The summed E-state index contributed by atoms with van der Waals surface area (Å²) in [4.78, 5) is 24.4. The van der Waals surface area contributed by atoms with E-state index < -0.39 is 5.97 Å². The number of amides is 1. The smallest absolute Gasteiger partial charge is 0.303 e. The quantitative estimate of drug-likeness (QED) is 0.733. The highest BCUT2D eigenvalue weighted by atomic mass is 16.4. The molecule has 0 aliphatic carbocycles. The Bertz CT molecular complexity index is 278. The Hall–Kier alpha value is -1.10. The van der Waals surface area contributed by atoms with Gasteiger partial charge in [0.2, 0.25) is 5.91 Å². The summed E-state index contributed by atoms with van der Waals surface area (Å²) >= 11 is 0. The summed E-state index contributed by atoms with van der Waals surface area (Å²) < 4.78 is 0. The molecule has 2 N–H and O–H groups in total. The molecular weight excluding hydrogens is 208 g/mol. The fraction of sp³-hybridized carbons (Fsp3) is 0.818. The van der Waals surface area contributed by atoms with E-state index in [0.29, 0.717) is 13.0 Å². The van der Waals surface area contributed by atoms with Gasteiger partial charge in [-0.05, 0) is 27.2 Å². The summed E-state index contributed by atoms with van der Waals surface area (Å²) in [6, 6.07) is 0.205. The van der Waals surface area contributed by atoms with Crippen LogP contribution in [0, 0.1) is 0 Å². The van der Waals surface area contributed by atoms with Gasteiger partial charge in [0, 0.05) is 25.0 Å². The number of carboxylic acids is 1. The van der Waals surface area contributed by atoms with Crippen molar-refractivity contribution < 1.29 is 14.7 Å². The van der Waals surface area contributed by atoms with Gasteiger partial charge in [-0.25, -0.2) is 0 Å². The average Bonchev–Trinajstić information content (AvgIpc) is 2.18. The van der Waals surface area contributed by atoms with E-state index >= 15 is 0 Å². The van der Waals surface area contributed by atoms with Gasteiger partial charge >= 0.3 is 5.97 Å². The molecule has 0 aromatic rings. The molecule has 16 heavy (non-hydrogen) atoms. The zero-order valence-corrected chi connectivity index (χ0v) is 10.1. The molecule has 5 heteroatoms. The van der Waals surface area contributed by atoms with Crippen molar-refractivity contribution in [1.82, 2.24) is 10.2 Å². The van der Waals surface area contributed by atoms with Crippen LogP contribution in [0.5, 0.6) is 0 Å². The van der Waals surface area contributed by atoms with Crippen molar-refractivity contribution in [2.45, 2.75) is 51.7 Å². The topological polar surface area (TPSA) is 69.6 Å². The van der Waals surface area contributed by atoms with Gasteiger partial charge in [-0.2, -0.15) is 0 Å². The van der Waals surface area contributed by atoms with E-state index in [1.807, 2.05) is 20.8 Å². The largest absolute Gasteiger partial charge is 0.481 e. The second-order valence-corrected chi connectivity index (χ2v) is 4.58. The Morgan fingerprint density at radius 2 is 2.25 bits per heavy atom. The third-order valence-electron chi connectivity index (χ3n) is 2.97. The molecule has 1 heterocycles. The standard InChI is InChI=1S/C11H20N2O3/c1-7(2)13-8(3)6-12-11(16)9(13)4-5-10(14)15/h7-9H,4-6H2,1-3H3,(H,12,16)(H,14,15). The molecule has 1 aliphatic rings. The van der Waals surface area contributed by atoms with E-state index in [0.717, 1.165) is 0 Å². The highest BCUT2D eigenvalue weighted by molar-refractivity contribution is 5.83. The summed E-state index contributed by atoms with van der Waals surface area (Å²) in [6.45, 7) is 6.75. The lowest BCUT2D eigenvalue weighted by Gasteiger charge is -2.42. The molecule has 0 bridgehead atoms. The number of piperazine rings is 1. The summed E-state index contributed by atoms with van der Waals surface area (Å²) in [5.41, 5.74) is 0. The fourth-order valence-electron chi connectivity index (χ4n) is 2.32. The van der Waals surface area contributed by atoms with Gasteiger partial charge in [0.05, 0.1) is 6.04 Å². The molecule has 0 aromatic heterocycles. The number of hydrogen-bond donors (Lipinski definition) is 2. The Balaban J connectivity index is 2.72. The maximum Gasteiger partial charge on any atom is 0.303 e. The molecular formula is C11H20N2O3. The van der Waals surface area contributed by atoms with Crippen LogP contribution >= 0.6 is 0 Å². The van der Waals surface area contributed by atoms with Crippen molar-refractivity contribution >= 4 is 11.9 Å². The summed E-state index contributed by atoms with van der Waals surface area (Å²) in [6.07, 6.45) is 0.414. The first-order chi connectivity index (χ1) is 7.43. The number of carboxylic acid groups (broad SMARTS) is 1. The van der Waals surface area contributed by atoms with Gasteiger partial charge in [-0.3, -0.25) is 14.5 Å². The SMILES string of the molecule is CC(C)N1C(C)CNC(=O)C1CCC(=O)O. The lowest BCUT2D eigenvalue weighted by Crippen LogP contribution is -2.61. The van der Waals surface area contributed by atoms with E-state index in [1.165, 1.54) is 0 Å². The van der Waals surface area contributed by atoms with Crippen LogP contribution in [0.1, 0.15) is 33.6 Å².